The van der Waals surface area contributed by atoms with Crippen molar-refractivity contribution in [3.8, 4) is 5.75 Å². The maximum Gasteiger partial charge on any atom is 0.514 e. The van der Waals surface area contributed by atoms with Gasteiger partial charge in [0.05, 0.1) is 15.9 Å². The van der Waals surface area contributed by atoms with Crippen LogP contribution in [-0.2, 0) is 4.74 Å². The molecule has 0 spiro atoms. The van der Waals surface area contributed by atoms with Crippen molar-refractivity contribution in [2.45, 2.75) is 31.1 Å². The van der Waals surface area contributed by atoms with Gasteiger partial charge in [-0.05, 0) is 18.8 Å². The van der Waals surface area contributed by atoms with Crippen molar-refractivity contribution in [2.75, 3.05) is 6.61 Å². The number of carbonyl (C=O) groups excluding carboxylic acids is 1. The first-order valence-corrected chi connectivity index (χ1v) is 7.00. The number of halogens is 4. The first kappa shape index (κ1) is 19.3. The number of nitro groups is 2. The van der Waals surface area contributed by atoms with E-state index in [4.69, 9.17) is 0 Å². The van der Waals surface area contributed by atoms with E-state index < -0.39 is 52.1 Å². The Morgan fingerprint density at radius 3 is 2.31 bits per heavy atom. The van der Waals surface area contributed by atoms with Crippen molar-refractivity contribution in [1.82, 2.24) is 0 Å². The Morgan fingerprint density at radius 2 is 1.85 bits per heavy atom. The van der Waals surface area contributed by atoms with Crippen LogP contribution in [0, 0.1) is 20.2 Å². The molecule has 2 rings (SSSR count). The highest BCUT2D eigenvalue weighted by Gasteiger charge is 2.43. The summed E-state index contributed by atoms with van der Waals surface area (Å²) in [6, 6.07) is 1.49. The number of benzene rings is 1. The molecule has 0 unspecified atom stereocenters. The van der Waals surface area contributed by atoms with E-state index in [9.17, 15) is 42.6 Å². The number of non-ortho nitro benzene ring substituents is 1. The maximum atomic E-state index is 12.7. The summed E-state index contributed by atoms with van der Waals surface area (Å²) in [4.78, 5) is 31.5. The second-order valence-electron chi connectivity index (χ2n) is 5.37. The van der Waals surface area contributed by atoms with Gasteiger partial charge < -0.3 is 9.47 Å². The first-order valence-electron chi connectivity index (χ1n) is 7.00. The van der Waals surface area contributed by atoms with Gasteiger partial charge in [0.2, 0.25) is 5.75 Å². The number of hydrogen-bond donors (Lipinski definition) is 0. The summed E-state index contributed by atoms with van der Waals surface area (Å²) in [6.45, 7) is -2.00. The van der Waals surface area contributed by atoms with Crippen LogP contribution in [0.3, 0.4) is 0 Å². The van der Waals surface area contributed by atoms with Crippen LogP contribution in [0.5, 0.6) is 5.75 Å². The van der Waals surface area contributed by atoms with E-state index in [2.05, 4.69) is 9.47 Å². The molecule has 1 fully saturated rings. The second-order valence-corrected chi connectivity index (χ2v) is 5.37. The molecule has 9 nitrogen and oxygen atoms in total. The van der Waals surface area contributed by atoms with Gasteiger partial charge in [-0.1, -0.05) is 0 Å². The lowest BCUT2D eigenvalue weighted by molar-refractivity contribution is -0.394. The summed E-state index contributed by atoms with van der Waals surface area (Å²) in [6.07, 6.45) is -4.95. The van der Waals surface area contributed by atoms with Crippen molar-refractivity contribution >= 4 is 17.5 Å². The molecule has 26 heavy (non-hydrogen) atoms. The molecule has 0 aromatic heterocycles. The highest BCUT2D eigenvalue weighted by Crippen LogP contribution is 2.49. The Labute approximate surface area is 141 Å². The predicted octanol–water partition coefficient (Wildman–Crippen LogP) is 3.80. The largest absolute Gasteiger partial charge is 0.514 e. The van der Waals surface area contributed by atoms with E-state index in [-0.39, 0.29) is 11.5 Å². The van der Waals surface area contributed by atoms with E-state index in [1.165, 1.54) is 0 Å². The minimum atomic E-state index is -4.63. The van der Waals surface area contributed by atoms with E-state index in [1.54, 1.807) is 0 Å². The predicted molar refractivity (Wildman–Crippen MR) is 74.7 cm³/mol. The van der Waals surface area contributed by atoms with Gasteiger partial charge in [-0.25, -0.2) is 13.6 Å². The fraction of sp³-hybridized carbons (Fsp3) is 0.462. The Bertz CT molecular complexity index is 752. The van der Waals surface area contributed by atoms with Crippen LogP contribution >= 0.6 is 0 Å². The normalized spacial score (nSPS) is 14.2. The van der Waals surface area contributed by atoms with Crippen LogP contribution in [0.2, 0.25) is 0 Å². The fourth-order valence-corrected chi connectivity index (χ4v) is 2.00. The number of nitro benzene ring substituents is 2. The molecule has 13 heteroatoms. The molecule has 0 radical (unpaired) electrons. The van der Waals surface area contributed by atoms with E-state index in [0.717, 1.165) is 6.07 Å². The number of alkyl halides is 4. The number of ether oxygens (including phenoxy) is 2. The van der Waals surface area contributed by atoms with Gasteiger partial charge >= 0.3 is 24.2 Å². The van der Waals surface area contributed by atoms with Gasteiger partial charge in [-0.15, -0.1) is 0 Å². The third-order valence-electron chi connectivity index (χ3n) is 3.39. The lowest BCUT2D eigenvalue weighted by Gasteiger charge is -2.15. The second kappa shape index (κ2) is 7.09. The number of nitrogens with zero attached hydrogens (tertiary/aromatic N) is 2. The van der Waals surface area contributed by atoms with Gasteiger partial charge in [-0.3, -0.25) is 20.2 Å². The van der Waals surface area contributed by atoms with E-state index >= 15 is 0 Å². The average Bonchev–Trinajstić information content (AvgIpc) is 3.37. The van der Waals surface area contributed by atoms with Crippen LogP contribution in [0.1, 0.15) is 24.3 Å². The maximum absolute atomic E-state index is 12.7. The first-order chi connectivity index (χ1) is 12.0. The van der Waals surface area contributed by atoms with Crippen LogP contribution in [-0.4, -0.2) is 35.0 Å². The summed E-state index contributed by atoms with van der Waals surface area (Å²) in [5.41, 5.74) is -1.61. The monoisotopic (exact) mass is 382 g/mol. The Kier molecular flexibility index (Phi) is 5.28. The molecular weight excluding hydrogens is 372 g/mol. The average molecular weight is 382 g/mol. The summed E-state index contributed by atoms with van der Waals surface area (Å²) in [5, 5.41) is 22.0. The van der Waals surface area contributed by atoms with Crippen molar-refractivity contribution in [3.05, 3.63) is 37.9 Å². The SMILES string of the molecule is O=C(OCC(F)(F)C(F)F)Oc1c(C2CC2)cc([N+](=O)[O-])cc1[N+](=O)[O-]. The molecule has 1 aromatic rings. The number of carbonyl (C=O) groups is 1. The Balaban J connectivity index is 2.28. The Hall–Kier alpha value is -2.99. The topological polar surface area (TPSA) is 122 Å². The van der Waals surface area contributed by atoms with Crippen molar-refractivity contribution in [2.24, 2.45) is 0 Å². The summed E-state index contributed by atoms with van der Waals surface area (Å²) >= 11 is 0. The highest BCUT2D eigenvalue weighted by molar-refractivity contribution is 5.70. The lowest BCUT2D eigenvalue weighted by atomic mass is 10.1. The number of rotatable bonds is 7. The molecule has 0 N–H and O–H groups in total. The molecule has 0 amide bonds. The highest BCUT2D eigenvalue weighted by atomic mass is 19.3. The fourth-order valence-electron chi connectivity index (χ4n) is 2.00. The molecule has 1 aliphatic carbocycles. The van der Waals surface area contributed by atoms with Gasteiger partial charge in [0.15, 0.2) is 6.61 Å². The van der Waals surface area contributed by atoms with Gasteiger partial charge in [0, 0.05) is 11.6 Å². The zero-order valence-corrected chi connectivity index (χ0v) is 12.7. The minimum absolute atomic E-state index is 0.0385. The number of hydrogen-bond acceptors (Lipinski definition) is 7. The van der Waals surface area contributed by atoms with Gasteiger partial charge in [0.25, 0.3) is 5.69 Å². The van der Waals surface area contributed by atoms with Crippen LogP contribution in [0.25, 0.3) is 0 Å². The molecule has 0 saturated heterocycles. The molecule has 1 aromatic carbocycles. The standard InChI is InChI=1S/C13H10F4N2O7/c14-11(15)13(16,17)5-25-12(20)26-10-8(6-1-2-6)3-7(18(21)22)4-9(10)19(23)24/h3-4,6,11H,1-2,5H2. The minimum Gasteiger partial charge on any atom is -0.427 e. The third-order valence-corrected chi connectivity index (χ3v) is 3.39. The summed E-state index contributed by atoms with van der Waals surface area (Å²) in [7, 11) is 0. The molecular formula is C13H10F4N2O7. The van der Waals surface area contributed by atoms with Crippen molar-refractivity contribution in [1.29, 1.82) is 0 Å². The molecule has 142 valence electrons. The quantitative estimate of drug-likeness (QED) is 0.231. The Morgan fingerprint density at radius 1 is 1.23 bits per heavy atom. The van der Waals surface area contributed by atoms with Crippen molar-refractivity contribution < 1.29 is 41.7 Å². The molecule has 0 aliphatic heterocycles. The zero-order valence-electron chi connectivity index (χ0n) is 12.7. The molecule has 1 saturated carbocycles. The third kappa shape index (κ3) is 4.34. The lowest BCUT2D eigenvalue weighted by Crippen LogP contribution is -2.34. The van der Waals surface area contributed by atoms with E-state index in [1.807, 2.05) is 0 Å². The molecule has 0 bridgehead atoms. The van der Waals surface area contributed by atoms with Crippen LogP contribution < -0.4 is 4.74 Å². The van der Waals surface area contributed by atoms with Crippen LogP contribution in [0.4, 0.5) is 33.7 Å². The van der Waals surface area contributed by atoms with E-state index in [0.29, 0.717) is 18.9 Å². The molecule has 1 aliphatic rings. The smallest absolute Gasteiger partial charge is 0.427 e. The van der Waals surface area contributed by atoms with Crippen LogP contribution in [0.15, 0.2) is 12.1 Å². The molecule has 0 atom stereocenters. The zero-order chi connectivity index (χ0) is 19.6. The van der Waals surface area contributed by atoms with Gasteiger partial charge in [-0.2, -0.15) is 8.78 Å². The van der Waals surface area contributed by atoms with Gasteiger partial charge in [0.1, 0.15) is 0 Å². The summed E-state index contributed by atoms with van der Waals surface area (Å²) in [5.74, 6) is -5.69. The van der Waals surface area contributed by atoms with Crippen molar-refractivity contribution in [3.63, 3.8) is 0 Å². The summed E-state index contributed by atoms with van der Waals surface area (Å²) < 4.78 is 58.0. The molecule has 0 heterocycles.